The Morgan fingerprint density at radius 3 is 2.66 bits per heavy atom. The van der Waals surface area contributed by atoms with Crippen LogP contribution in [0.4, 0.5) is 0 Å². The average molecular weight is 482 g/mol. The average Bonchev–Trinajstić information content (AvgIpc) is 3.47. The molecule has 1 amide bonds. The number of piperidine rings is 1. The van der Waals surface area contributed by atoms with Crippen molar-refractivity contribution < 1.29 is 9.53 Å². The third kappa shape index (κ3) is 4.30. The van der Waals surface area contributed by atoms with E-state index in [1.807, 2.05) is 47.4 Å². The molecule has 1 aliphatic rings. The second kappa shape index (κ2) is 9.19. The van der Waals surface area contributed by atoms with Crippen LogP contribution in [0.1, 0.15) is 28.8 Å². The van der Waals surface area contributed by atoms with Crippen molar-refractivity contribution in [2.75, 3.05) is 20.2 Å². The summed E-state index contributed by atoms with van der Waals surface area (Å²) in [7, 11) is 1.67. The molecule has 0 aliphatic carbocycles. The number of thiazole rings is 1. The number of fused-ring (bicyclic) bond motifs is 3. The summed E-state index contributed by atoms with van der Waals surface area (Å²) in [4.78, 5) is 21.0. The van der Waals surface area contributed by atoms with Crippen LogP contribution in [0.2, 0.25) is 0 Å². The molecule has 3 aromatic carbocycles. The zero-order chi connectivity index (χ0) is 23.8. The van der Waals surface area contributed by atoms with Gasteiger partial charge in [0.1, 0.15) is 5.75 Å². The second-order valence-corrected chi connectivity index (χ2v) is 10.2. The molecular weight excluding hydrogens is 454 g/mol. The first kappa shape index (κ1) is 21.9. The molecule has 3 heterocycles. The van der Waals surface area contributed by atoms with Crippen molar-refractivity contribution in [3.63, 3.8) is 0 Å². The molecule has 5 aromatic rings. The Morgan fingerprint density at radius 1 is 1.03 bits per heavy atom. The van der Waals surface area contributed by atoms with Crippen molar-refractivity contribution in [1.82, 2.24) is 14.3 Å². The molecule has 176 valence electrons. The Labute approximate surface area is 208 Å². The number of hydrogen-bond donors (Lipinski definition) is 0. The number of ether oxygens (including phenoxy) is 1. The van der Waals surface area contributed by atoms with Crippen molar-refractivity contribution in [2.45, 2.75) is 19.3 Å². The SMILES string of the molecule is COc1cccc(-c2cn3c(n2)sc2cc(C(=O)N4CCC(Cc5ccccc5)CC4)ccc23)c1. The zero-order valence-electron chi connectivity index (χ0n) is 19.7. The first-order chi connectivity index (χ1) is 17.2. The van der Waals surface area contributed by atoms with Gasteiger partial charge in [-0.1, -0.05) is 53.8 Å². The standard InChI is InChI=1S/C29H27N3O2S/c1-34-24-9-5-8-22(17-24)25-19-32-26-11-10-23(18-27(26)35-29(32)30-25)28(33)31-14-12-21(13-15-31)16-20-6-3-2-4-7-20/h2-11,17-19,21H,12-16H2,1H3. The van der Waals surface area contributed by atoms with E-state index < -0.39 is 0 Å². The molecule has 0 atom stereocenters. The van der Waals surface area contributed by atoms with Crippen LogP contribution < -0.4 is 4.74 Å². The first-order valence-electron chi connectivity index (χ1n) is 12.1. The molecule has 1 aliphatic heterocycles. The molecule has 1 fully saturated rings. The van der Waals surface area contributed by atoms with Crippen molar-refractivity contribution in [3.8, 4) is 17.0 Å². The van der Waals surface area contributed by atoms with Crippen LogP contribution >= 0.6 is 11.3 Å². The van der Waals surface area contributed by atoms with Crippen LogP contribution in [-0.2, 0) is 6.42 Å². The van der Waals surface area contributed by atoms with Crippen molar-refractivity contribution >= 4 is 32.4 Å². The number of carbonyl (C=O) groups excluding carboxylic acids is 1. The lowest BCUT2D eigenvalue weighted by atomic mass is 9.90. The van der Waals surface area contributed by atoms with E-state index in [1.165, 1.54) is 5.56 Å². The molecular formula is C29H27N3O2S. The maximum absolute atomic E-state index is 13.3. The fourth-order valence-corrected chi connectivity index (χ4v) is 6.07. The van der Waals surface area contributed by atoms with Gasteiger partial charge in [-0.15, -0.1) is 0 Å². The Hall–Kier alpha value is -3.64. The van der Waals surface area contributed by atoms with Gasteiger partial charge in [0.15, 0.2) is 4.96 Å². The third-order valence-corrected chi connectivity index (χ3v) is 7.99. The molecule has 6 heteroatoms. The summed E-state index contributed by atoms with van der Waals surface area (Å²) in [5.74, 6) is 1.59. The maximum Gasteiger partial charge on any atom is 0.253 e. The molecule has 0 spiro atoms. The summed E-state index contributed by atoms with van der Waals surface area (Å²) in [6, 6.07) is 24.6. The number of likely N-dealkylation sites (tertiary alicyclic amines) is 1. The number of aromatic nitrogens is 2. The van der Waals surface area contributed by atoms with E-state index in [4.69, 9.17) is 9.72 Å². The van der Waals surface area contributed by atoms with Crippen LogP contribution in [0.3, 0.4) is 0 Å². The van der Waals surface area contributed by atoms with Crippen LogP contribution in [-0.4, -0.2) is 40.4 Å². The van der Waals surface area contributed by atoms with Gasteiger partial charge in [0, 0.05) is 30.4 Å². The van der Waals surface area contributed by atoms with E-state index in [1.54, 1.807) is 18.4 Å². The largest absolute Gasteiger partial charge is 0.497 e. The van der Waals surface area contributed by atoms with Gasteiger partial charge in [0.25, 0.3) is 5.91 Å². The number of benzene rings is 3. The summed E-state index contributed by atoms with van der Waals surface area (Å²) in [5, 5.41) is 0. The smallest absolute Gasteiger partial charge is 0.253 e. The van der Waals surface area contributed by atoms with Gasteiger partial charge in [0.2, 0.25) is 0 Å². The summed E-state index contributed by atoms with van der Waals surface area (Å²) in [5.41, 5.74) is 5.16. The highest BCUT2D eigenvalue weighted by Gasteiger charge is 2.24. The minimum absolute atomic E-state index is 0.133. The number of methoxy groups -OCH3 is 1. The van der Waals surface area contributed by atoms with Gasteiger partial charge in [0.05, 0.1) is 23.0 Å². The molecule has 35 heavy (non-hydrogen) atoms. The zero-order valence-corrected chi connectivity index (χ0v) is 20.5. The third-order valence-electron chi connectivity index (χ3n) is 6.98. The van der Waals surface area contributed by atoms with Crippen LogP contribution in [0.15, 0.2) is 79.0 Å². The topological polar surface area (TPSA) is 46.8 Å². The Bertz CT molecular complexity index is 1500. The highest BCUT2D eigenvalue weighted by molar-refractivity contribution is 7.23. The lowest BCUT2D eigenvalue weighted by molar-refractivity contribution is 0.0690. The molecule has 0 radical (unpaired) electrons. The van der Waals surface area contributed by atoms with E-state index in [2.05, 4.69) is 40.9 Å². The molecule has 0 unspecified atom stereocenters. The minimum Gasteiger partial charge on any atom is -0.497 e. The number of carbonyl (C=O) groups is 1. The first-order valence-corrected chi connectivity index (χ1v) is 12.9. The van der Waals surface area contributed by atoms with E-state index in [-0.39, 0.29) is 5.91 Å². The summed E-state index contributed by atoms with van der Waals surface area (Å²) >= 11 is 1.62. The number of nitrogens with zero attached hydrogens (tertiary/aromatic N) is 3. The van der Waals surface area contributed by atoms with Gasteiger partial charge in [-0.2, -0.15) is 0 Å². The van der Waals surface area contributed by atoms with Crippen molar-refractivity contribution in [2.24, 2.45) is 5.92 Å². The van der Waals surface area contributed by atoms with Crippen molar-refractivity contribution in [3.05, 3.63) is 90.1 Å². The molecule has 0 bridgehead atoms. The monoisotopic (exact) mass is 481 g/mol. The van der Waals surface area contributed by atoms with Crippen LogP contribution in [0.5, 0.6) is 5.75 Å². The van der Waals surface area contributed by atoms with E-state index in [9.17, 15) is 4.79 Å². The normalized spacial score (nSPS) is 14.6. The van der Waals surface area contributed by atoms with Crippen LogP contribution in [0, 0.1) is 5.92 Å². The highest BCUT2D eigenvalue weighted by Crippen LogP contribution is 2.32. The van der Waals surface area contributed by atoms with E-state index in [0.29, 0.717) is 5.92 Å². The van der Waals surface area contributed by atoms with Gasteiger partial charge in [-0.05, 0) is 61.1 Å². The number of hydrogen-bond acceptors (Lipinski definition) is 4. The molecule has 0 N–H and O–H groups in total. The lowest BCUT2D eigenvalue weighted by Gasteiger charge is -2.32. The molecule has 2 aromatic heterocycles. The molecule has 0 saturated carbocycles. The molecule has 1 saturated heterocycles. The van der Waals surface area contributed by atoms with Gasteiger partial charge in [-0.25, -0.2) is 4.98 Å². The highest BCUT2D eigenvalue weighted by atomic mass is 32.1. The summed E-state index contributed by atoms with van der Waals surface area (Å²) in [6.07, 6.45) is 5.27. The Kier molecular flexibility index (Phi) is 5.74. The van der Waals surface area contributed by atoms with Gasteiger partial charge < -0.3 is 9.64 Å². The number of rotatable bonds is 5. The minimum atomic E-state index is 0.133. The van der Waals surface area contributed by atoms with Gasteiger partial charge >= 0.3 is 0 Å². The van der Waals surface area contributed by atoms with Crippen LogP contribution in [0.25, 0.3) is 26.4 Å². The second-order valence-electron chi connectivity index (χ2n) is 9.22. The summed E-state index contributed by atoms with van der Waals surface area (Å²) < 4.78 is 8.54. The number of amides is 1. The van der Waals surface area contributed by atoms with Gasteiger partial charge in [-0.3, -0.25) is 9.20 Å². The molecule has 6 rings (SSSR count). The quantitative estimate of drug-likeness (QED) is 0.295. The lowest BCUT2D eigenvalue weighted by Crippen LogP contribution is -2.38. The maximum atomic E-state index is 13.3. The predicted octanol–water partition coefficient (Wildman–Crippen LogP) is 6.32. The Morgan fingerprint density at radius 2 is 1.86 bits per heavy atom. The van der Waals surface area contributed by atoms with E-state index in [0.717, 1.165) is 70.1 Å². The van der Waals surface area contributed by atoms with Crippen molar-refractivity contribution in [1.29, 1.82) is 0 Å². The molecule has 5 nitrogen and oxygen atoms in total. The fraction of sp³-hybridized carbons (Fsp3) is 0.241. The van der Waals surface area contributed by atoms with E-state index >= 15 is 0 Å². The predicted molar refractivity (Wildman–Crippen MR) is 141 cm³/mol. The Balaban J connectivity index is 1.18. The summed E-state index contributed by atoms with van der Waals surface area (Å²) in [6.45, 7) is 1.65. The fourth-order valence-electron chi connectivity index (χ4n) is 5.03. The number of imidazole rings is 1.